The molecular weight excluding hydrogens is 333 g/mol. The van der Waals surface area contributed by atoms with Gasteiger partial charge in [-0.15, -0.1) is 0 Å². The minimum absolute atomic E-state index is 0. The van der Waals surface area contributed by atoms with Crippen LogP contribution < -0.4 is 62.5 Å². The van der Waals surface area contributed by atoms with Crippen LogP contribution in [0.5, 0.6) is 0 Å². The van der Waals surface area contributed by atoms with E-state index in [1.807, 2.05) is 12.1 Å². The molecule has 0 unspecified atom stereocenters. The molecule has 0 bridgehead atoms. The normalized spacial score (nSPS) is 12.7. The van der Waals surface area contributed by atoms with Crippen LogP contribution in [0.25, 0.3) is 5.43 Å². The Kier molecular flexibility index (Phi) is 9.14. The molecule has 8 nitrogen and oxygen atoms in total. The predicted octanol–water partition coefficient (Wildman–Crippen LogP) is -0.721. The number of hydrogen-bond acceptors (Lipinski definition) is 5. The van der Waals surface area contributed by atoms with Crippen molar-refractivity contribution >= 4 is 12.1 Å². The molecule has 1 heterocycles. The summed E-state index contributed by atoms with van der Waals surface area (Å²) in [5, 5.41) is 18.3. The third kappa shape index (κ3) is 5.99. The summed E-state index contributed by atoms with van der Waals surface area (Å²) in [6, 6.07) is 6.88. The Hall–Kier alpha value is -1.83. The van der Waals surface area contributed by atoms with E-state index in [9.17, 15) is 10.1 Å². The van der Waals surface area contributed by atoms with Crippen molar-refractivity contribution < 1.29 is 56.2 Å². The number of allylic oxidation sites excluding steroid dienone is 2. The molecule has 0 aliphatic carbocycles. The van der Waals surface area contributed by atoms with E-state index in [1.165, 1.54) is 0 Å². The van der Waals surface area contributed by atoms with Crippen LogP contribution in [-0.4, -0.2) is 12.1 Å². The van der Waals surface area contributed by atoms with Gasteiger partial charge in [0.2, 0.25) is 0 Å². The second-order valence-corrected chi connectivity index (χ2v) is 4.54. The predicted molar refractivity (Wildman–Crippen MR) is 85.1 cm³/mol. The first kappa shape index (κ1) is 20.2. The Balaban J connectivity index is 0.00000288. The zero-order valence-corrected chi connectivity index (χ0v) is 16.3. The molecule has 0 saturated heterocycles. The molecular formula is C15H14KN7O. The molecule has 2 rings (SSSR count). The summed E-state index contributed by atoms with van der Waals surface area (Å²) in [7, 11) is 0. The second kappa shape index (κ2) is 10.9. The molecule has 24 heavy (non-hydrogen) atoms. The minimum atomic E-state index is -0.358. The van der Waals surface area contributed by atoms with Crippen LogP contribution in [-0.2, 0) is 6.54 Å². The number of hydrogen-bond donors (Lipinski definition) is 2. The SMILES string of the molecule is N#Cc1cc(C[N-]/N=N\N)ccc1C(=O)NC1=CN=CC=CC1.[K+]. The third-order valence-electron chi connectivity index (χ3n) is 2.97. The van der Waals surface area contributed by atoms with E-state index in [-0.39, 0.29) is 75.0 Å². The number of nitrogens with zero attached hydrogens (tertiary/aromatic N) is 5. The first-order chi connectivity index (χ1) is 11.2. The van der Waals surface area contributed by atoms with Crippen LogP contribution in [0.1, 0.15) is 27.9 Å². The molecule has 1 aliphatic rings. The summed E-state index contributed by atoms with van der Waals surface area (Å²) in [4.78, 5) is 16.3. The Morgan fingerprint density at radius 2 is 2.33 bits per heavy atom. The maximum Gasteiger partial charge on any atom is 1.00 e. The maximum atomic E-state index is 12.3. The van der Waals surface area contributed by atoms with Crippen molar-refractivity contribution in [1.82, 2.24) is 5.32 Å². The number of amides is 1. The molecule has 116 valence electrons. The summed E-state index contributed by atoms with van der Waals surface area (Å²) in [6.45, 7) is 0.224. The van der Waals surface area contributed by atoms with Crippen molar-refractivity contribution in [1.29, 1.82) is 5.26 Å². The van der Waals surface area contributed by atoms with Gasteiger partial charge in [0.25, 0.3) is 5.91 Å². The van der Waals surface area contributed by atoms with Gasteiger partial charge in [-0.3, -0.25) is 20.2 Å². The van der Waals surface area contributed by atoms with Crippen molar-refractivity contribution in [3.8, 4) is 6.07 Å². The topological polar surface area (TPSA) is 130 Å². The Morgan fingerprint density at radius 1 is 1.50 bits per heavy atom. The van der Waals surface area contributed by atoms with Crippen molar-refractivity contribution in [3.05, 3.63) is 64.4 Å². The number of nitriles is 1. The van der Waals surface area contributed by atoms with Gasteiger partial charge in [0.1, 0.15) is 0 Å². The number of nitrogens with two attached hydrogens (primary N) is 1. The first-order valence-corrected chi connectivity index (χ1v) is 6.73. The van der Waals surface area contributed by atoms with E-state index >= 15 is 0 Å². The maximum absolute atomic E-state index is 12.3. The largest absolute Gasteiger partial charge is 1.00 e. The number of carbonyl (C=O) groups excluding carboxylic acids is 1. The molecule has 3 N–H and O–H groups in total. The first-order valence-electron chi connectivity index (χ1n) is 6.73. The number of nitrogens with one attached hydrogen (secondary N) is 1. The van der Waals surface area contributed by atoms with Crippen LogP contribution in [0.2, 0.25) is 0 Å². The summed E-state index contributed by atoms with van der Waals surface area (Å²) < 4.78 is 0. The average molecular weight is 347 g/mol. The molecule has 0 spiro atoms. The molecule has 0 atom stereocenters. The molecule has 1 aliphatic heterocycles. The van der Waals surface area contributed by atoms with Gasteiger partial charge < -0.3 is 16.6 Å². The monoisotopic (exact) mass is 347 g/mol. The van der Waals surface area contributed by atoms with Crippen molar-refractivity contribution in [2.45, 2.75) is 13.0 Å². The quantitative estimate of drug-likeness (QED) is 0.315. The fourth-order valence-corrected chi connectivity index (χ4v) is 1.92. The second-order valence-electron chi connectivity index (χ2n) is 4.54. The Bertz CT molecular complexity index is 747. The van der Waals surface area contributed by atoms with Gasteiger partial charge in [0.15, 0.2) is 0 Å². The van der Waals surface area contributed by atoms with E-state index in [2.05, 4.69) is 26.2 Å². The van der Waals surface area contributed by atoms with E-state index in [0.29, 0.717) is 12.1 Å². The van der Waals surface area contributed by atoms with E-state index in [0.717, 1.165) is 5.56 Å². The van der Waals surface area contributed by atoms with Gasteiger partial charge in [-0.2, -0.15) is 5.26 Å². The van der Waals surface area contributed by atoms with Crippen molar-refractivity contribution in [3.63, 3.8) is 0 Å². The fourth-order valence-electron chi connectivity index (χ4n) is 1.92. The van der Waals surface area contributed by atoms with E-state index in [1.54, 1.807) is 36.7 Å². The summed E-state index contributed by atoms with van der Waals surface area (Å²) >= 11 is 0. The van der Waals surface area contributed by atoms with Crippen molar-refractivity contribution in [2.24, 2.45) is 21.3 Å². The van der Waals surface area contributed by atoms with Gasteiger partial charge in [-0.25, -0.2) is 0 Å². The van der Waals surface area contributed by atoms with Gasteiger partial charge >= 0.3 is 51.4 Å². The molecule has 9 heteroatoms. The van der Waals surface area contributed by atoms with Crippen LogP contribution >= 0.6 is 0 Å². The standard InChI is InChI=1S/C15H15N7O.K/c16-8-12-7-11(9-19-22-21-17)4-5-14(12)15(23)20-13-3-1-2-6-18-10-13;/h1-2,4-7,10H,3,9H2,(H4,17,19,20,21,22,23);/q;+1/p-1. The zero-order valence-electron chi connectivity index (χ0n) is 13.2. The van der Waals surface area contributed by atoms with Crippen molar-refractivity contribution in [2.75, 3.05) is 0 Å². The van der Waals surface area contributed by atoms with Crippen LogP contribution in [0.4, 0.5) is 0 Å². The Morgan fingerprint density at radius 3 is 3.08 bits per heavy atom. The molecule has 1 aromatic rings. The number of carbonyl (C=O) groups is 1. The number of rotatable bonds is 5. The smallest absolute Gasteiger partial charge is 0.396 e. The number of benzene rings is 1. The minimum Gasteiger partial charge on any atom is -0.396 e. The van der Waals surface area contributed by atoms with Gasteiger partial charge in [0.05, 0.1) is 17.2 Å². The van der Waals surface area contributed by atoms with Gasteiger partial charge in [-0.05, 0) is 30.3 Å². The molecule has 0 aromatic heterocycles. The Labute approximate surface area is 182 Å². The third-order valence-corrected chi connectivity index (χ3v) is 2.97. The van der Waals surface area contributed by atoms with E-state index < -0.39 is 0 Å². The van der Waals surface area contributed by atoms with Crippen LogP contribution in [0.3, 0.4) is 0 Å². The van der Waals surface area contributed by atoms with Crippen LogP contribution in [0.15, 0.2) is 57.7 Å². The molecule has 1 aromatic carbocycles. The number of aliphatic imine (C=N–C) groups is 1. The summed E-state index contributed by atoms with van der Waals surface area (Å²) in [5.74, 6) is 4.49. The van der Waals surface area contributed by atoms with Crippen LogP contribution in [0, 0.1) is 11.3 Å². The zero-order chi connectivity index (χ0) is 16.5. The molecule has 0 radical (unpaired) electrons. The fraction of sp³-hybridized carbons (Fsp3) is 0.133. The average Bonchev–Trinajstić information content (AvgIpc) is 2.83. The molecule has 0 saturated carbocycles. The molecule has 0 fully saturated rings. The molecule has 1 amide bonds. The van der Waals surface area contributed by atoms with E-state index in [4.69, 9.17) is 5.84 Å². The van der Waals surface area contributed by atoms with Gasteiger partial charge in [0, 0.05) is 24.5 Å². The van der Waals surface area contributed by atoms with Gasteiger partial charge in [-0.1, -0.05) is 12.1 Å². The summed E-state index contributed by atoms with van der Waals surface area (Å²) in [5.41, 5.74) is 5.64. The summed E-state index contributed by atoms with van der Waals surface area (Å²) in [6.07, 6.45) is 7.46.